The molecule has 1 aliphatic rings. The highest BCUT2D eigenvalue weighted by molar-refractivity contribution is 7.15. The Labute approximate surface area is 216 Å². The van der Waals surface area contributed by atoms with E-state index in [1.165, 1.54) is 25.3 Å². The second kappa shape index (κ2) is 12.4. The van der Waals surface area contributed by atoms with E-state index in [2.05, 4.69) is 16.4 Å². The molecule has 1 saturated carbocycles. The molecule has 1 aliphatic carbocycles. The first kappa shape index (κ1) is 28.4. The summed E-state index contributed by atoms with van der Waals surface area (Å²) in [6.07, 6.45) is -0.979. The second-order valence-electron chi connectivity index (χ2n) is 8.45. The maximum absolute atomic E-state index is 13.3. The third-order valence-electron chi connectivity index (χ3n) is 5.51. The van der Waals surface area contributed by atoms with Crippen molar-refractivity contribution in [3.63, 3.8) is 0 Å². The van der Waals surface area contributed by atoms with Crippen molar-refractivity contribution in [2.24, 2.45) is 5.92 Å². The normalized spacial score (nSPS) is 13.1. The number of thiazole rings is 1. The van der Waals surface area contributed by atoms with Gasteiger partial charge in [0.25, 0.3) is 0 Å². The van der Waals surface area contributed by atoms with Gasteiger partial charge in [0.2, 0.25) is 0 Å². The first-order chi connectivity index (χ1) is 17.5. The Kier molecular flexibility index (Phi) is 9.50. The Morgan fingerprint density at radius 3 is 2.43 bits per heavy atom. The summed E-state index contributed by atoms with van der Waals surface area (Å²) in [6, 6.07) is 7.99. The molecule has 1 aromatic heterocycles. The van der Waals surface area contributed by atoms with E-state index < -0.39 is 23.5 Å². The Bertz CT molecular complexity index is 1230. The predicted molar refractivity (Wildman–Crippen MR) is 133 cm³/mol. The van der Waals surface area contributed by atoms with E-state index in [0.717, 1.165) is 54.3 Å². The van der Waals surface area contributed by atoms with E-state index in [-0.39, 0.29) is 16.1 Å². The molecule has 0 bridgehead atoms. The molecule has 200 valence electrons. The molecule has 0 saturated heterocycles. The van der Waals surface area contributed by atoms with Crippen molar-refractivity contribution in [1.29, 1.82) is 0 Å². The van der Waals surface area contributed by atoms with Crippen molar-refractivity contribution in [2.75, 3.05) is 27.3 Å². The van der Waals surface area contributed by atoms with E-state index in [4.69, 9.17) is 14.6 Å². The van der Waals surface area contributed by atoms with Crippen LogP contribution < -0.4 is 9.47 Å². The number of ether oxygens (including phenoxy) is 2. The number of aromatic carboxylic acids is 1. The summed E-state index contributed by atoms with van der Waals surface area (Å²) >= 11 is 0.898. The molecule has 6 nitrogen and oxygen atoms in total. The number of aryl methyl sites for hydroxylation is 1. The molecule has 0 spiro atoms. The molecule has 0 amide bonds. The third kappa shape index (κ3) is 8.16. The van der Waals surface area contributed by atoms with Gasteiger partial charge in [0.1, 0.15) is 5.82 Å². The maximum Gasteiger partial charge on any atom is 0.416 e. The number of carbonyl (C=O) groups is 1. The number of hydrogen-bond acceptors (Lipinski definition) is 5. The molecule has 1 heterocycles. The molecule has 0 aliphatic heterocycles. The number of benzene rings is 2. The quantitative estimate of drug-likeness (QED) is 0.234. The van der Waals surface area contributed by atoms with Crippen molar-refractivity contribution in [1.82, 2.24) is 4.98 Å². The van der Waals surface area contributed by atoms with Crippen molar-refractivity contribution >= 4 is 17.3 Å². The first-order valence-electron chi connectivity index (χ1n) is 11.4. The van der Waals surface area contributed by atoms with Crippen molar-refractivity contribution in [3.05, 3.63) is 69.4 Å². The zero-order valence-corrected chi connectivity index (χ0v) is 21.4. The minimum atomic E-state index is -4.71. The van der Waals surface area contributed by atoms with Crippen LogP contribution in [0.3, 0.4) is 0 Å². The highest BCUT2D eigenvalue weighted by Gasteiger charge is 2.32. The van der Waals surface area contributed by atoms with E-state index in [1.54, 1.807) is 14.2 Å². The van der Waals surface area contributed by atoms with Crippen molar-refractivity contribution in [3.8, 4) is 21.9 Å². The number of rotatable bonds is 9. The number of hydrogen-bond donors (Lipinski definition) is 1. The molecule has 37 heavy (non-hydrogen) atoms. The molecule has 2 aromatic carbocycles. The number of carboxylic acids is 1. The SMILES string of the molecule is COc1ccc(CC[N-]CC2CC2)cc1OC.Cc1nc(C(=O)O)c(-c2cc(F)cc(C(F)(F)F)c2)s1. The molecule has 0 atom stereocenters. The molecule has 0 radical (unpaired) electrons. The van der Waals surface area contributed by atoms with Crippen LogP contribution in [0.4, 0.5) is 17.6 Å². The van der Waals surface area contributed by atoms with Crippen LogP contribution in [-0.4, -0.2) is 43.4 Å². The van der Waals surface area contributed by atoms with Gasteiger partial charge in [-0.2, -0.15) is 13.2 Å². The van der Waals surface area contributed by atoms with Gasteiger partial charge in [0.15, 0.2) is 17.2 Å². The van der Waals surface area contributed by atoms with Gasteiger partial charge < -0.3 is 19.9 Å². The molecular formula is C26H27F4N2O4S-. The summed E-state index contributed by atoms with van der Waals surface area (Å²) in [5, 5.41) is 13.9. The minimum absolute atomic E-state index is 0.000000000000000222. The third-order valence-corrected chi connectivity index (χ3v) is 6.53. The van der Waals surface area contributed by atoms with Crippen molar-refractivity contribution < 1.29 is 36.9 Å². The number of nitrogens with zero attached hydrogens (tertiary/aromatic N) is 2. The van der Waals surface area contributed by atoms with Crippen LogP contribution >= 0.6 is 11.3 Å². The highest BCUT2D eigenvalue weighted by Crippen LogP contribution is 2.36. The average molecular weight is 540 g/mol. The maximum atomic E-state index is 13.3. The number of carboxylic acid groups (broad SMARTS) is 1. The van der Waals surface area contributed by atoms with E-state index >= 15 is 0 Å². The van der Waals surface area contributed by atoms with Gasteiger partial charge in [0.05, 0.1) is 29.7 Å². The van der Waals surface area contributed by atoms with Crippen LogP contribution in [0.5, 0.6) is 11.5 Å². The summed E-state index contributed by atoms with van der Waals surface area (Å²) in [6.45, 7) is 3.48. The molecule has 0 unspecified atom stereocenters. The molecule has 1 fully saturated rings. The van der Waals surface area contributed by atoms with Crippen LogP contribution in [0.2, 0.25) is 0 Å². The predicted octanol–water partition coefficient (Wildman–Crippen LogP) is 7.00. The Morgan fingerprint density at radius 2 is 1.84 bits per heavy atom. The molecule has 3 aromatic rings. The van der Waals surface area contributed by atoms with E-state index in [0.29, 0.717) is 17.1 Å². The molecule has 1 N–H and O–H groups in total. The zero-order chi connectivity index (χ0) is 27.2. The van der Waals surface area contributed by atoms with Gasteiger partial charge in [-0.1, -0.05) is 24.8 Å². The largest absolute Gasteiger partial charge is 0.662 e. The van der Waals surface area contributed by atoms with E-state index in [1.807, 2.05) is 12.1 Å². The Balaban J connectivity index is 0.000000208. The van der Waals surface area contributed by atoms with Crippen molar-refractivity contribution in [2.45, 2.75) is 32.4 Å². The fraction of sp³-hybridized carbons (Fsp3) is 0.385. The van der Waals surface area contributed by atoms with Gasteiger partial charge in [-0.05, 0) is 54.8 Å². The number of aromatic nitrogens is 1. The number of halogens is 4. The highest BCUT2D eigenvalue weighted by atomic mass is 32.1. The van der Waals surface area contributed by atoms with E-state index in [9.17, 15) is 22.4 Å². The first-order valence-corrected chi connectivity index (χ1v) is 12.3. The van der Waals surface area contributed by atoms with Crippen LogP contribution in [0, 0.1) is 18.7 Å². The zero-order valence-electron chi connectivity index (χ0n) is 20.6. The monoisotopic (exact) mass is 539 g/mol. The van der Waals surface area contributed by atoms with Gasteiger partial charge in [-0.15, -0.1) is 24.4 Å². The van der Waals surface area contributed by atoms with Crippen LogP contribution in [0.1, 0.15) is 39.5 Å². The fourth-order valence-electron chi connectivity index (χ4n) is 3.47. The Morgan fingerprint density at radius 1 is 1.14 bits per heavy atom. The second-order valence-corrected chi connectivity index (χ2v) is 9.66. The average Bonchev–Trinajstić information content (AvgIpc) is 3.59. The van der Waals surface area contributed by atoms with Gasteiger partial charge >= 0.3 is 12.1 Å². The lowest BCUT2D eigenvalue weighted by Crippen LogP contribution is -2.06. The van der Waals surface area contributed by atoms with Gasteiger partial charge in [0, 0.05) is 0 Å². The summed E-state index contributed by atoms with van der Waals surface area (Å²) < 4.78 is 61.7. The minimum Gasteiger partial charge on any atom is -0.662 e. The van der Waals surface area contributed by atoms with Crippen LogP contribution in [-0.2, 0) is 12.6 Å². The molecule has 11 heteroatoms. The molecular weight excluding hydrogens is 512 g/mol. The smallest absolute Gasteiger partial charge is 0.416 e. The standard InChI is InChI=1S/C14H20NO2.C12H7F4NO2S/c1-16-13-6-5-11(9-14(13)17-2)7-8-15-10-12-3-4-12;1-5-17-9(11(18)19)10(20-5)6-2-7(12(14,15)16)4-8(13)3-6/h5-6,9,12H,3-4,7-8,10H2,1-2H3;2-4H,1H3,(H,18,19)/q-1;. The lowest BCUT2D eigenvalue weighted by atomic mass is 10.1. The van der Waals surface area contributed by atoms with Crippen LogP contribution in [0.15, 0.2) is 36.4 Å². The fourth-order valence-corrected chi connectivity index (χ4v) is 4.37. The lowest BCUT2D eigenvalue weighted by molar-refractivity contribution is -0.137. The Hall–Kier alpha value is -3.18. The summed E-state index contributed by atoms with van der Waals surface area (Å²) in [7, 11) is 3.32. The number of alkyl halides is 3. The summed E-state index contributed by atoms with van der Waals surface area (Å²) in [4.78, 5) is 14.7. The topological polar surface area (TPSA) is 82.8 Å². The lowest BCUT2D eigenvalue weighted by Gasteiger charge is -2.18. The number of methoxy groups -OCH3 is 2. The summed E-state index contributed by atoms with van der Waals surface area (Å²) in [5.74, 6) is 0.0122. The van der Waals surface area contributed by atoms with Gasteiger partial charge in [-0.3, -0.25) is 0 Å². The van der Waals surface area contributed by atoms with Gasteiger partial charge in [-0.25, -0.2) is 14.2 Å². The van der Waals surface area contributed by atoms with Crippen LogP contribution in [0.25, 0.3) is 15.8 Å². The molecule has 4 rings (SSSR count). The summed E-state index contributed by atoms with van der Waals surface area (Å²) in [5.41, 5.74) is -0.455.